The van der Waals surface area contributed by atoms with Crippen LogP contribution in [0.1, 0.15) is 30.5 Å². The van der Waals surface area contributed by atoms with E-state index >= 15 is 0 Å². The second kappa shape index (κ2) is 14.8. The van der Waals surface area contributed by atoms with Crippen LogP contribution < -0.4 is 9.62 Å². The summed E-state index contributed by atoms with van der Waals surface area (Å²) < 4.78 is 29.1. The van der Waals surface area contributed by atoms with Gasteiger partial charge < -0.3 is 10.2 Å². The number of nitrogens with one attached hydrogen (secondary N) is 1. The van der Waals surface area contributed by atoms with Gasteiger partial charge in [-0.2, -0.15) is 0 Å². The molecule has 0 spiro atoms. The van der Waals surface area contributed by atoms with Gasteiger partial charge in [-0.25, -0.2) is 8.42 Å². The van der Waals surface area contributed by atoms with Crippen LogP contribution in [-0.4, -0.2) is 43.8 Å². The van der Waals surface area contributed by atoms with Gasteiger partial charge in [0.15, 0.2) is 0 Å². The average Bonchev–Trinajstić information content (AvgIpc) is 3.00. The molecule has 0 aliphatic heterocycles. The van der Waals surface area contributed by atoms with E-state index in [1.165, 1.54) is 23.1 Å². The van der Waals surface area contributed by atoms with Gasteiger partial charge in [-0.05, 0) is 67.8 Å². The lowest BCUT2D eigenvalue weighted by molar-refractivity contribution is -0.140. The Bertz CT molecular complexity index is 1700. The van der Waals surface area contributed by atoms with Crippen LogP contribution in [0.3, 0.4) is 0 Å². The number of sulfonamides is 1. The Kier molecular flexibility index (Phi) is 11.1. The predicted octanol–water partition coefficient (Wildman–Crippen LogP) is 6.66. The molecule has 0 radical (unpaired) electrons. The quantitative estimate of drug-likeness (QED) is 0.186. The van der Waals surface area contributed by atoms with E-state index in [-0.39, 0.29) is 35.5 Å². The van der Waals surface area contributed by atoms with Gasteiger partial charge in [0.25, 0.3) is 10.0 Å². The van der Waals surface area contributed by atoms with Crippen molar-refractivity contribution >= 4 is 50.7 Å². The Morgan fingerprint density at radius 1 is 0.818 bits per heavy atom. The minimum absolute atomic E-state index is 0.0144. The van der Waals surface area contributed by atoms with Crippen LogP contribution in [0.2, 0.25) is 10.0 Å². The minimum atomic E-state index is -4.22. The largest absolute Gasteiger partial charge is 0.352 e. The molecule has 4 rings (SSSR count). The number of aryl methyl sites for hydroxylation is 1. The number of carbonyl (C=O) groups is 2. The van der Waals surface area contributed by atoms with Crippen LogP contribution in [0.15, 0.2) is 108 Å². The van der Waals surface area contributed by atoms with E-state index in [4.69, 9.17) is 23.2 Å². The third-order valence-electron chi connectivity index (χ3n) is 7.05. The Morgan fingerprint density at radius 3 is 2.05 bits per heavy atom. The zero-order chi connectivity index (χ0) is 31.9. The van der Waals surface area contributed by atoms with Gasteiger partial charge in [0, 0.05) is 29.1 Å². The van der Waals surface area contributed by atoms with Crippen molar-refractivity contribution in [2.75, 3.05) is 10.8 Å². The third-order valence-corrected chi connectivity index (χ3v) is 9.62. The topological polar surface area (TPSA) is 86.8 Å². The van der Waals surface area contributed by atoms with Gasteiger partial charge in [-0.15, -0.1) is 0 Å². The fourth-order valence-electron chi connectivity index (χ4n) is 4.73. The molecule has 10 heteroatoms. The lowest BCUT2D eigenvalue weighted by Gasteiger charge is -2.34. The number of benzene rings is 4. The molecule has 0 saturated carbocycles. The number of hydrogen-bond acceptors (Lipinski definition) is 4. The van der Waals surface area contributed by atoms with Crippen molar-refractivity contribution in [2.24, 2.45) is 0 Å². The molecule has 0 saturated heterocycles. The third kappa shape index (κ3) is 8.20. The van der Waals surface area contributed by atoms with Crippen molar-refractivity contribution in [1.82, 2.24) is 10.2 Å². The van der Waals surface area contributed by atoms with E-state index in [0.29, 0.717) is 15.6 Å². The minimum Gasteiger partial charge on any atom is -0.352 e. The number of halogens is 2. The first-order valence-corrected chi connectivity index (χ1v) is 16.4. The fraction of sp³-hybridized carbons (Fsp3) is 0.235. The molecule has 0 aliphatic rings. The Labute approximate surface area is 269 Å². The van der Waals surface area contributed by atoms with Gasteiger partial charge in [-0.3, -0.25) is 13.9 Å². The Balaban J connectivity index is 1.82. The monoisotopic (exact) mass is 651 g/mol. The van der Waals surface area contributed by atoms with Crippen LogP contribution in [0, 0.1) is 6.92 Å². The number of carbonyl (C=O) groups excluding carboxylic acids is 2. The molecule has 4 aromatic carbocycles. The first-order chi connectivity index (χ1) is 21.0. The highest BCUT2D eigenvalue weighted by Gasteiger charge is 2.35. The summed E-state index contributed by atoms with van der Waals surface area (Å²) in [7, 11) is -4.22. The number of rotatable bonds is 12. The van der Waals surface area contributed by atoms with E-state index in [9.17, 15) is 18.0 Å². The maximum absolute atomic E-state index is 14.5. The molecule has 0 aliphatic carbocycles. The summed E-state index contributed by atoms with van der Waals surface area (Å²) in [5.74, 6) is -0.943. The van der Waals surface area contributed by atoms with Crippen molar-refractivity contribution < 1.29 is 18.0 Å². The number of hydrogen-bond donors (Lipinski definition) is 1. The van der Waals surface area contributed by atoms with Crippen LogP contribution in [0.25, 0.3) is 0 Å². The van der Waals surface area contributed by atoms with Gasteiger partial charge >= 0.3 is 0 Å². The first-order valence-electron chi connectivity index (χ1n) is 14.2. The molecular formula is C34H35Cl2N3O4S. The summed E-state index contributed by atoms with van der Waals surface area (Å²) in [6.45, 7) is 4.89. The highest BCUT2D eigenvalue weighted by Crippen LogP contribution is 2.29. The number of nitrogens with zero attached hydrogens (tertiary/aromatic N) is 2. The molecule has 2 amide bonds. The van der Waals surface area contributed by atoms with Crippen molar-refractivity contribution in [3.05, 3.63) is 130 Å². The van der Waals surface area contributed by atoms with E-state index in [1.54, 1.807) is 61.5 Å². The van der Waals surface area contributed by atoms with Gasteiger partial charge in [-0.1, -0.05) is 96.0 Å². The zero-order valence-electron chi connectivity index (χ0n) is 24.8. The number of amides is 2. The molecular weight excluding hydrogens is 617 g/mol. The average molecular weight is 653 g/mol. The summed E-state index contributed by atoms with van der Waals surface area (Å²) in [5.41, 5.74) is 2.44. The molecule has 0 bridgehead atoms. The van der Waals surface area contributed by atoms with Gasteiger partial charge in [0.05, 0.1) is 10.6 Å². The molecule has 1 unspecified atom stereocenters. The van der Waals surface area contributed by atoms with Crippen LogP contribution >= 0.6 is 23.2 Å². The number of anilines is 1. The molecule has 44 heavy (non-hydrogen) atoms. The van der Waals surface area contributed by atoms with Crippen LogP contribution in [0.5, 0.6) is 0 Å². The second-order valence-electron chi connectivity index (χ2n) is 10.7. The van der Waals surface area contributed by atoms with E-state index in [0.717, 1.165) is 15.4 Å². The normalized spacial score (nSPS) is 12.0. The van der Waals surface area contributed by atoms with Gasteiger partial charge in [0.1, 0.15) is 12.6 Å². The fourth-order valence-corrected chi connectivity index (χ4v) is 6.53. The van der Waals surface area contributed by atoms with Crippen molar-refractivity contribution in [2.45, 2.75) is 50.7 Å². The maximum Gasteiger partial charge on any atom is 0.264 e. The summed E-state index contributed by atoms with van der Waals surface area (Å²) >= 11 is 13.0. The first kappa shape index (κ1) is 33.1. The second-order valence-corrected chi connectivity index (χ2v) is 13.4. The molecule has 230 valence electrons. The molecule has 7 nitrogen and oxygen atoms in total. The van der Waals surface area contributed by atoms with Gasteiger partial charge in [0.2, 0.25) is 11.8 Å². The smallest absolute Gasteiger partial charge is 0.264 e. The van der Waals surface area contributed by atoms with Crippen molar-refractivity contribution in [1.29, 1.82) is 0 Å². The molecule has 0 heterocycles. The van der Waals surface area contributed by atoms with Crippen molar-refractivity contribution in [3.63, 3.8) is 0 Å². The molecule has 0 aromatic heterocycles. The SMILES string of the molecule is Cc1ccc(N(CC(=O)N(Cc2ccccc2Cl)C(Cc2ccccc2)C(=O)NC(C)C)S(=O)(=O)c2ccccc2)cc1Cl. The van der Waals surface area contributed by atoms with E-state index in [2.05, 4.69) is 5.32 Å². The van der Waals surface area contributed by atoms with E-state index < -0.39 is 28.5 Å². The van der Waals surface area contributed by atoms with E-state index in [1.807, 2.05) is 44.2 Å². The molecule has 1 N–H and O–H groups in total. The summed E-state index contributed by atoms with van der Waals surface area (Å²) in [6, 6.07) is 28.0. The molecule has 1 atom stereocenters. The highest BCUT2D eigenvalue weighted by atomic mass is 35.5. The zero-order valence-corrected chi connectivity index (χ0v) is 27.1. The van der Waals surface area contributed by atoms with Crippen molar-refractivity contribution in [3.8, 4) is 0 Å². The summed E-state index contributed by atoms with van der Waals surface area (Å²) in [5, 5.41) is 3.72. The maximum atomic E-state index is 14.5. The Morgan fingerprint density at radius 2 is 1.43 bits per heavy atom. The molecule has 4 aromatic rings. The standard InChI is InChI=1S/C34H35Cl2N3O4S/c1-24(2)37-34(41)32(20-26-12-6-4-7-13-26)38(22-27-14-10-11-17-30(27)35)33(40)23-39(28-19-18-25(3)31(36)21-28)44(42,43)29-15-8-5-9-16-29/h4-19,21,24,32H,20,22-23H2,1-3H3,(H,37,41). The lowest BCUT2D eigenvalue weighted by atomic mass is 10.0. The molecule has 0 fully saturated rings. The van der Waals surface area contributed by atoms with Crippen LogP contribution in [-0.2, 0) is 32.6 Å². The summed E-state index contributed by atoms with van der Waals surface area (Å²) in [6.07, 6.45) is 0.206. The Hall–Kier alpha value is -3.85. The lowest BCUT2D eigenvalue weighted by Crippen LogP contribution is -2.54. The van der Waals surface area contributed by atoms with Crippen LogP contribution in [0.4, 0.5) is 5.69 Å². The highest BCUT2D eigenvalue weighted by molar-refractivity contribution is 7.92. The summed E-state index contributed by atoms with van der Waals surface area (Å²) in [4.78, 5) is 29.6. The predicted molar refractivity (Wildman–Crippen MR) is 176 cm³/mol.